The summed E-state index contributed by atoms with van der Waals surface area (Å²) in [6, 6.07) is 14.1. The number of aliphatic hydroxyl groups excluding tert-OH is 1. The van der Waals surface area contributed by atoms with Gasteiger partial charge in [-0.05, 0) is 43.2 Å². The molecule has 172 valence electrons. The summed E-state index contributed by atoms with van der Waals surface area (Å²) in [5.41, 5.74) is 3.70. The van der Waals surface area contributed by atoms with Crippen molar-refractivity contribution in [3.05, 3.63) is 71.4 Å². The van der Waals surface area contributed by atoms with Crippen LogP contribution in [-0.2, 0) is 13.0 Å². The maximum atomic E-state index is 13.6. The molecule has 0 atom stereocenters. The fourth-order valence-corrected chi connectivity index (χ4v) is 3.52. The monoisotopic (exact) mass is 457 g/mol. The van der Waals surface area contributed by atoms with E-state index in [4.69, 9.17) is 5.11 Å². The second-order valence-electron chi connectivity index (χ2n) is 7.69. The van der Waals surface area contributed by atoms with Crippen LogP contribution in [-0.4, -0.2) is 40.4 Å². The summed E-state index contributed by atoms with van der Waals surface area (Å²) in [5.74, 6) is 0.00232. The lowest BCUT2D eigenvalue weighted by Crippen LogP contribution is -2.45. The molecule has 0 bridgehead atoms. The Hall–Kier alpha value is -3.66. The zero-order valence-corrected chi connectivity index (χ0v) is 17.8. The van der Waals surface area contributed by atoms with Crippen LogP contribution in [0.4, 0.5) is 41.1 Å². The average Bonchev–Trinajstić information content (AvgIpc) is 2.78. The van der Waals surface area contributed by atoms with Crippen LogP contribution < -0.4 is 15.1 Å². The number of nitrogens with zero attached hydrogens (tertiary/aromatic N) is 4. The van der Waals surface area contributed by atoms with E-state index in [0.29, 0.717) is 23.4 Å². The lowest BCUT2D eigenvalue weighted by Gasteiger charge is -2.36. The van der Waals surface area contributed by atoms with E-state index in [9.17, 15) is 18.0 Å². The largest absolute Gasteiger partial charge is 0.405 e. The highest BCUT2D eigenvalue weighted by Crippen LogP contribution is 2.36. The molecule has 10 heteroatoms. The molecule has 4 rings (SSSR count). The fraction of sp³-hybridized carbons (Fsp3) is 0.261. The zero-order chi connectivity index (χ0) is 23.6. The molecule has 2 aromatic carbocycles. The Labute approximate surface area is 188 Å². The SMILES string of the molecule is Cc1ccc(N2Cc3cnc(NCC(F)(F)F)nc3N(c3ccc(CCO)cc3)C2=O)cc1. The highest BCUT2D eigenvalue weighted by molar-refractivity contribution is 6.10. The van der Waals surface area contributed by atoms with Gasteiger partial charge in [-0.3, -0.25) is 4.90 Å². The van der Waals surface area contributed by atoms with E-state index in [-0.39, 0.29) is 30.9 Å². The number of carbonyl (C=O) groups excluding carboxylic acids is 1. The lowest BCUT2D eigenvalue weighted by atomic mass is 10.1. The number of aryl methyl sites for hydroxylation is 1. The van der Waals surface area contributed by atoms with Gasteiger partial charge in [0.05, 0.1) is 12.2 Å². The number of aromatic nitrogens is 2. The fourth-order valence-electron chi connectivity index (χ4n) is 3.52. The van der Waals surface area contributed by atoms with E-state index in [2.05, 4.69) is 15.3 Å². The molecule has 0 unspecified atom stereocenters. The van der Waals surface area contributed by atoms with Crippen LogP contribution in [0.25, 0.3) is 0 Å². The van der Waals surface area contributed by atoms with Crippen molar-refractivity contribution < 1.29 is 23.1 Å². The summed E-state index contributed by atoms with van der Waals surface area (Å²) in [4.78, 5) is 24.7. The Morgan fingerprint density at radius 2 is 1.73 bits per heavy atom. The van der Waals surface area contributed by atoms with Gasteiger partial charge in [0.2, 0.25) is 5.95 Å². The molecule has 0 saturated heterocycles. The van der Waals surface area contributed by atoms with E-state index in [1.165, 1.54) is 11.1 Å². The number of fused-ring (bicyclic) bond motifs is 1. The lowest BCUT2D eigenvalue weighted by molar-refractivity contribution is -0.115. The first-order valence-electron chi connectivity index (χ1n) is 10.3. The molecule has 7 nitrogen and oxygen atoms in total. The van der Waals surface area contributed by atoms with Gasteiger partial charge < -0.3 is 10.4 Å². The number of hydrogen-bond acceptors (Lipinski definition) is 5. The first-order chi connectivity index (χ1) is 15.7. The van der Waals surface area contributed by atoms with Gasteiger partial charge in [-0.1, -0.05) is 29.8 Å². The second-order valence-corrected chi connectivity index (χ2v) is 7.69. The van der Waals surface area contributed by atoms with Gasteiger partial charge in [-0.15, -0.1) is 0 Å². The summed E-state index contributed by atoms with van der Waals surface area (Å²) in [5, 5.41) is 11.3. The van der Waals surface area contributed by atoms with Gasteiger partial charge in [0.1, 0.15) is 6.54 Å². The van der Waals surface area contributed by atoms with Crippen molar-refractivity contribution >= 4 is 29.2 Å². The topological polar surface area (TPSA) is 81.6 Å². The van der Waals surface area contributed by atoms with Crippen LogP contribution in [0.3, 0.4) is 0 Å². The van der Waals surface area contributed by atoms with E-state index < -0.39 is 12.7 Å². The van der Waals surface area contributed by atoms with Crippen LogP contribution in [0.5, 0.6) is 0 Å². The Kier molecular flexibility index (Phi) is 6.19. The van der Waals surface area contributed by atoms with Crippen molar-refractivity contribution in [2.75, 3.05) is 28.3 Å². The maximum absolute atomic E-state index is 13.6. The molecule has 2 N–H and O–H groups in total. The van der Waals surface area contributed by atoms with Gasteiger partial charge in [0.15, 0.2) is 5.82 Å². The number of anilines is 4. The van der Waals surface area contributed by atoms with Gasteiger partial charge in [0, 0.05) is 24.1 Å². The standard InChI is InChI=1S/C23H22F3N5O2/c1-15-2-6-18(7-3-15)30-13-17-12-27-21(28-14-23(24,25)26)29-20(17)31(22(30)33)19-8-4-16(5-9-19)10-11-32/h2-9,12,32H,10-11,13-14H2,1H3,(H,27,28,29). The molecule has 0 radical (unpaired) electrons. The van der Waals surface area contributed by atoms with Crippen molar-refractivity contribution in [3.63, 3.8) is 0 Å². The highest BCUT2D eigenvalue weighted by atomic mass is 19.4. The van der Waals surface area contributed by atoms with Gasteiger partial charge in [-0.25, -0.2) is 14.7 Å². The molecule has 0 aliphatic carbocycles. The van der Waals surface area contributed by atoms with Crippen LogP contribution >= 0.6 is 0 Å². The molecule has 0 spiro atoms. The van der Waals surface area contributed by atoms with Gasteiger partial charge in [0.25, 0.3) is 0 Å². The normalized spacial score (nSPS) is 13.8. The summed E-state index contributed by atoms with van der Waals surface area (Å²) in [7, 11) is 0. The van der Waals surface area contributed by atoms with Gasteiger partial charge in [-0.2, -0.15) is 18.2 Å². The van der Waals surface area contributed by atoms with Crippen LogP contribution in [0.15, 0.2) is 54.7 Å². The Bertz CT molecular complexity index is 1130. The number of benzene rings is 2. The molecule has 1 aromatic heterocycles. The number of halogens is 3. The minimum absolute atomic E-state index is 0.00646. The number of aliphatic hydroxyl groups is 1. The second kappa shape index (κ2) is 9.07. The van der Waals surface area contributed by atoms with E-state index in [0.717, 1.165) is 11.1 Å². The minimum atomic E-state index is -4.43. The van der Waals surface area contributed by atoms with E-state index >= 15 is 0 Å². The number of hydrogen-bond donors (Lipinski definition) is 2. The predicted molar refractivity (Wildman–Crippen MR) is 119 cm³/mol. The molecule has 2 amide bonds. The summed E-state index contributed by atoms with van der Waals surface area (Å²) in [6.07, 6.45) is -2.53. The smallest absolute Gasteiger partial charge is 0.396 e. The highest BCUT2D eigenvalue weighted by Gasteiger charge is 2.35. The van der Waals surface area contributed by atoms with E-state index in [1.807, 2.05) is 31.2 Å². The van der Waals surface area contributed by atoms with Crippen molar-refractivity contribution in [2.24, 2.45) is 0 Å². The molecule has 0 saturated carbocycles. The Balaban J connectivity index is 1.75. The minimum Gasteiger partial charge on any atom is -0.396 e. The number of rotatable bonds is 6. The summed E-state index contributed by atoms with van der Waals surface area (Å²) in [6.45, 7) is 0.828. The molecular formula is C23H22F3N5O2. The Morgan fingerprint density at radius 1 is 1.06 bits per heavy atom. The average molecular weight is 457 g/mol. The molecule has 2 heterocycles. The van der Waals surface area contributed by atoms with Crippen molar-refractivity contribution in [1.29, 1.82) is 0 Å². The van der Waals surface area contributed by atoms with Crippen LogP contribution in [0, 0.1) is 6.92 Å². The molecule has 0 fully saturated rings. The number of nitrogens with one attached hydrogen (secondary N) is 1. The molecular weight excluding hydrogens is 435 g/mol. The van der Waals surface area contributed by atoms with Crippen molar-refractivity contribution in [2.45, 2.75) is 26.1 Å². The molecule has 3 aromatic rings. The summed E-state index contributed by atoms with van der Waals surface area (Å²) >= 11 is 0. The van der Waals surface area contributed by atoms with Crippen molar-refractivity contribution in [1.82, 2.24) is 9.97 Å². The first kappa shape index (κ1) is 22.5. The molecule has 33 heavy (non-hydrogen) atoms. The van der Waals surface area contributed by atoms with Crippen molar-refractivity contribution in [3.8, 4) is 0 Å². The number of carbonyl (C=O) groups is 1. The van der Waals surface area contributed by atoms with E-state index in [1.54, 1.807) is 29.2 Å². The number of amides is 2. The zero-order valence-electron chi connectivity index (χ0n) is 17.8. The maximum Gasteiger partial charge on any atom is 0.405 e. The number of urea groups is 1. The third kappa shape index (κ3) is 5.06. The van der Waals surface area contributed by atoms with Crippen LogP contribution in [0.2, 0.25) is 0 Å². The third-order valence-electron chi connectivity index (χ3n) is 5.19. The number of alkyl halides is 3. The third-order valence-corrected chi connectivity index (χ3v) is 5.19. The summed E-state index contributed by atoms with van der Waals surface area (Å²) < 4.78 is 37.9. The first-order valence-corrected chi connectivity index (χ1v) is 10.3. The van der Waals surface area contributed by atoms with Gasteiger partial charge >= 0.3 is 12.2 Å². The predicted octanol–water partition coefficient (Wildman–Crippen LogP) is 4.57. The Morgan fingerprint density at radius 3 is 2.36 bits per heavy atom. The van der Waals surface area contributed by atoms with Crippen LogP contribution in [0.1, 0.15) is 16.7 Å². The quantitative estimate of drug-likeness (QED) is 0.567. The molecule has 1 aliphatic heterocycles. The molecule has 1 aliphatic rings.